The smallest absolute Gasteiger partial charge is 0.0584 e. The van der Waals surface area contributed by atoms with Gasteiger partial charge < -0.3 is 0 Å². The Hall–Kier alpha value is -1.63. The van der Waals surface area contributed by atoms with Crippen LogP contribution in [0.5, 0.6) is 0 Å². The van der Waals surface area contributed by atoms with E-state index in [2.05, 4.69) is 56.1 Å². The minimum Gasteiger partial charge on any atom is -0.260 e. The van der Waals surface area contributed by atoms with Crippen LogP contribution in [0, 0.1) is 6.92 Å². The van der Waals surface area contributed by atoms with Gasteiger partial charge in [-0.25, -0.2) is 0 Å². The van der Waals surface area contributed by atoms with Gasteiger partial charge in [0.15, 0.2) is 0 Å². The normalized spacial score (nSPS) is 15.7. The van der Waals surface area contributed by atoms with Gasteiger partial charge in [-0.05, 0) is 29.7 Å². The van der Waals surface area contributed by atoms with Crippen molar-refractivity contribution in [3.8, 4) is 11.1 Å². The first-order valence-electron chi connectivity index (χ1n) is 5.68. The van der Waals surface area contributed by atoms with Crippen LogP contribution >= 0.6 is 0 Å². The van der Waals surface area contributed by atoms with Crippen molar-refractivity contribution in [3.05, 3.63) is 53.3 Å². The van der Waals surface area contributed by atoms with Crippen molar-refractivity contribution in [2.45, 2.75) is 26.2 Å². The monoisotopic (exact) mass is 209 g/mol. The van der Waals surface area contributed by atoms with Gasteiger partial charge in [-0.2, -0.15) is 0 Å². The van der Waals surface area contributed by atoms with Crippen LogP contribution in [0.25, 0.3) is 11.1 Å². The molecule has 0 unspecified atom stereocenters. The van der Waals surface area contributed by atoms with E-state index in [1.165, 1.54) is 27.9 Å². The van der Waals surface area contributed by atoms with Gasteiger partial charge in [0.05, 0.1) is 5.69 Å². The van der Waals surface area contributed by atoms with Crippen LogP contribution < -0.4 is 0 Å². The molecule has 0 saturated heterocycles. The highest BCUT2D eigenvalue weighted by molar-refractivity contribution is 5.81. The highest BCUT2D eigenvalue weighted by atomic mass is 14.7. The zero-order valence-corrected chi connectivity index (χ0v) is 9.91. The third kappa shape index (κ3) is 1.03. The molecule has 1 heterocycles. The molecule has 0 fully saturated rings. The maximum atomic E-state index is 4.59. The Balaban J connectivity index is 2.45. The first-order valence-corrected chi connectivity index (χ1v) is 5.68. The van der Waals surface area contributed by atoms with Crippen molar-refractivity contribution in [2.75, 3.05) is 0 Å². The Bertz CT molecular complexity index is 567. The van der Waals surface area contributed by atoms with Gasteiger partial charge in [0.1, 0.15) is 0 Å². The molecule has 0 saturated carbocycles. The summed E-state index contributed by atoms with van der Waals surface area (Å²) in [5.41, 5.74) is 6.66. The third-order valence-electron chi connectivity index (χ3n) is 3.62. The van der Waals surface area contributed by atoms with E-state index in [1.807, 2.05) is 6.20 Å². The van der Waals surface area contributed by atoms with Crippen molar-refractivity contribution in [1.29, 1.82) is 0 Å². The molecule has 80 valence electrons. The number of aromatic nitrogens is 1. The summed E-state index contributed by atoms with van der Waals surface area (Å²) in [6.07, 6.45) is 1.92. The van der Waals surface area contributed by atoms with Gasteiger partial charge >= 0.3 is 0 Å². The maximum absolute atomic E-state index is 4.59. The molecular weight excluding hydrogens is 194 g/mol. The van der Waals surface area contributed by atoms with Crippen LogP contribution in [0.2, 0.25) is 0 Å². The maximum Gasteiger partial charge on any atom is 0.0584 e. The van der Waals surface area contributed by atoms with E-state index in [0.29, 0.717) is 0 Å². The minimum atomic E-state index is 0.0396. The second kappa shape index (κ2) is 2.94. The summed E-state index contributed by atoms with van der Waals surface area (Å²) in [4.78, 5) is 4.59. The lowest BCUT2D eigenvalue weighted by Gasteiger charge is -2.19. The third-order valence-corrected chi connectivity index (χ3v) is 3.62. The van der Waals surface area contributed by atoms with Crippen molar-refractivity contribution < 1.29 is 0 Å². The predicted octanol–water partition coefficient (Wildman–Crippen LogP) is 3.70. The molecule has 0 radical (unpaired) electrons. The number of benzene rings is 1. The Labute approximate surface area is 96.2 Å². The van der Waals surface area contributed by atoms with Crippen LogP contribution in [0.15, 0.2) is 36.5 Å². The molecule has 1 aliphatic carbocycles. The average molecular weight is 209 g/mol. The Morgan fingerprint density at radius 2 is 1.81 bits per heavy atom. The number of hydrogen-bond acceptors (Lipinski definition) is 1. The fraction of sp³-hybridized carbons (Fsp3) is 0.267. The van der Waals surface area contributed by atoms with Crippen LogP contribution in [-0.4, -0.2) is 4.98 Å². The lowest BCUT2D eigenvalue weighted by atomic mass is 9.85. The van der Waals surface area contributed by atoms with E-state index in [9.17, 15) is 0 Å². The van der Waals surface area contributed by atoms with Gasteiger partial charge in [-0.15, -0.1) is 0 Å². The fourth-order valence-electron chi connectivity index (χ4n) is 2.75. The molecular formula is C15H15N. The summed E-state index contributed by atoms with van der Waals surface area (Å²) < 4.78 is 0. The Morgan fingerprint density at radius 3 is 2.62 bits per heavy atom. The second-order valence-electron chi connectivity index (χ2n) is 5.02. The van der Waals surface area contributed by atoms with Crippen molar-refractivity contribution >= 4 is 0 Å². The summed E-state index contributed by atoms with van der Waals surface area (Å²) in [5.74, 6) is 0. The van der Waals surface area contributed by atoms with E-state index < -0.39 is 0 Å². The number of fused-ring (bicyclic) bond motifs is 3. The molecule has 2 aromatic rings. The van der Waals surface area contributed by atoms with Gasteiger partial charge in [0.2, 0.25) is 0 Å². The molecule has 16 heavy (non-hydrogen) atoms. The quantitative estimate of drug-likeness (QED) is 0.644. The molecule has 0 spiro atoms. The molecule has 1 nitrogen and oxygen atoms in total. The molecule has 0 amide bonds. The molecule has 3 rings (SSSR count). The Morgan fingerprint density at radius 1 is 1.06 bits per heavy atom. The Kier molecular flexibility index (Phi) is 1.76. The summed E-state index contributed by atoms with van der Waals surface area (Å²) >= 11 is 0. The molecule has 0 atom stereocenters. The van der Waals surface area contributed by atoms with E-state index in [0.717, 1.165) is 0 Å². The molecule has 1 heteroatoms. The molecule has 0 N–H and O–H groups in total. The summed E-state index contributed by atoms with van der Waals surface area (Å²) in [5, 5.41) is 0. The molecule has 1 aliphatic rings. The predicted molar refractivity (Wildman–Crippen MR) is 66.5 cm³/mol. The first-order chi connectivity index (χ1) is 7.62. The van der Waals surface area contributed by atoms with Crippen LogP contribution in [0.4, 0.5) is 0 Å². The van der Waals surface area contributed by atoms with Gasteiger partial charge in [0, 0.05) is 17.2 Å². The van der Waals surface area contributed by atoms with Crippen LogP contribution in [0.3, 0.4) is 0 Å². The van der Waals surface area contributed by atoms with Crippen LogP contribution in [-0.2, 0) is 5.41 Å². The van der Waals surface area contributed by atoms with E-state index in [4.69, 9.17) is 0 Å². The molecule has 1 aromatic carbocycles. The van der Waals surface area contributed by atoms with Gasteiger partial charge in [-0.1, -0.05) is 38.1 Å². The topological polar surface area (TPSA) is 12.9 Å². The van der Waals surface area contributed by atoms with E-state index in [1.54, 1.807) is 0 Å². The number of aryl methyl sites for hydroxylation is 1. The lowest BCUT2D eigenvalue weighted by molar-refractivity contribution is 0.636. The molecule has 0 bridgehead atoms. The molecule has 1 aromatic heterocycles. The number of nitrogens with zero attached hydrogens (tertiary/aromatic N) is 1. The lowest BCUT2D eigenvalue weighted by Crippen LogP contribution is -2.16. The van der Waals surface area contributed by atoms with Gasteiger partial charge in [0.25, 0.3) is 0 Å². The van der Waals surface area contributed by atoms with Crippen molar-refractivity contribution in [3.63, 3.8) is 0 Å². The minimum absolute atomic E-state index is 0.0396. The summed E-state index contributed by atoms with van der Waals surface area (Å²) in [6, 6.07) is 10.7. The highest BCUT2D eigenvalue weighted by Gasteiger charge is 2.37. The van der Waals surface area contributed by atoms with E-state index >= 15 is 0 Å². The average Bonchev–Trinajstić information content (AvgIpc) is 2.51. The zero-order chi connectivity index (χ0) is 11.3. The van der Waals surface area contributed by atoms with Crippen LogP contribution in [0.1, 0.15) is 30.7 Å². The second-order valence-corrected chi connectivity index (χ2v) is 5.02. The summed E-state index contributed by atoms with van der Waals surface area (Å²) in [7, 11) is 0. The fourth-order valence-corrected chi connectivity index (χ4v) is 2.75. The SMILES string of the molecule is Cc1ccnc2c1-c1ccccc1C2(C)C. The number of rotatable bonds is 0. The number of hydrogen-bond donors (Lipinski definition) is 0. The zero-order valence-electron chi connectivity index (χ0n) is 9.91. The first kappa shape index (κ1) is 9.59. The van der Waals surface area contributed by atoms with E-state index in [-0.39, 0.29) is 5.41 Å². The van der Waals surface area contributed by atoms with Crippen molar-refractivity contribution in [1.82, 2.24) is 4.98 Å². The van der Waals surface area contributed by atoms with Gasteiger partial charge in [-0.3, -0.25) is 4.98 Å². The molecule has 0 aliphatic heterocycles. The standard InChI is InChI=1S/C15H15N/c1-10-8-9-16-14-13(10)11-6-4-5-7-12(11)15(14,2)3/h4-9H,1-3H3. The largest absolute Gasteiger partial charge is 0.260 e. The number of pyridine rings is 1. The highest BCUT2D eigenvalue weighted by Crippen LogP contribution is 2.48. The van der Waals surface area contributed by atoms with Crippen molar-refractivity contribution in [2.24, 2.45) is 0 Å². The summed E-state index contributed by atoms with van der Waals surface area (Å²) in [6.45, 7) is 6.67.